The summed E-state index contributed by atoms with van der Waals surface area (Å²) in [6, 6.07) is 13.8. The summed E-state index contributed by atoms with van der Waals surface area (Å²) < 4.78 is 29.1. The van der Waals surface area contributed by atoms with Crippen molar-refractivity contribution in [2.75, 3.05) is 19.8 Å². The van der Waals surface area contributed by atoms with Gasteiger partial charge in [0.2, 0.25) is 0 Å². The van der Waals surface area contributed by atoms with Crippen LogP contribution in [0.15, 0.2) is 54.6 Å². The molecule has 0 spiro atoms. The van der Waals surface area contributed by atoms with E-state index >= 15 is 0 Å². The zero-order chi connectivity index (χ0) is 22.9. The van der Waals surface area contributed by atoms with Gasteiger partial charge in [0.05, 0.1) is 18.1 Å². The lowest BCUT2D eigenvalue weighted by Gasteiger charge is -2.25. The summed E-state index contributed by atoms with van der Waals surface area (Å²) in [5.74, 6) is -1.44. The van der Waals surface area contributed by atoms with Gasteiger partial charge in [-0.15, -0.1) is 0 Å². The Balaban J connectivity index is 2.16. The quantitative estimate of drug-likeness (QED) is 0.155. The van der Waals surface area contributed by atoms with Crippen LogP contribution >= 0.6 is 7.60 Å². The van der Waals surface area contributed by atoms with Crippen molar-refractivity contribution in [3.63, 3.8) is 0 Å². The SMILES string of the molecule is CCOP(=O)(OCC)C(Cc1ccccc1)C(=O)OCC(=O)c1ccc([N+](=O)[O-])cc1. The summed E-state index contributed by atoms with van der Waals surface area (Å²) in [4.78, 5) is 35.3. The predicted octanol–water partition coefficient (Wildman–Crippen LogP) is 4.20. The molecule has 166 valence electrons. The maximum absolute atomic E-state index is 13.3. The lowest BCUT2D eigenvalue weighted by molar-refractivity contribution is -0.384. The number of carbonyl (C=O) groups is 2. The molecule has 0 aliphatic heterocycles. The van der Waals surface area contributed by atoms with Gasteiger partial charge in [0.25, 0.3) is 5.69 Å². The number of carbonyl (C=O) groups excluding carboxylic acids is 2. The lowest BCUT2D eigenvalue weighted by Crippen LogP contribution is -2.29. The van der Waals surface area contributed by atoms with Crippen LogP contribution in [0.5, 0.6) is 0 Å². The van der Waals surface area contributed by atoms with E-state index in [0.29, 0.717) is 0 Å². The molecule has 1 unspecified atom stereocenters. The van der Waals surface area contributed by atoms with E-state index in [-0.39, 0.29) is 30.9 Å². The van der Waals surface area contributed by atoms with Gasteiger partial charge in [0.1, 0.15) is 0 Å². The first-order chi connectivity index (χ1) is 14.8. The van der Waals surface area contributed by atoms with Gasteiger partial charge >= 0.3 is 13.6 Å². The van der Waals surface area contributed by atoms with E-state index in [0.717, 1.165) is 5.56 Å². The van der Waals surface area contributed by atoms with Gasteiger partial charge in [0, 0.05) is 17.7 Å². The summed E-state index contributed by atoms with van der Waals surface area (Å²) in [7, 11) is -3.86. The number of ether oxygens (including phenoxy) is 1. The molecule has 0 saturated heterocycles. The summed E-state index contributed by atoms with van der Waals surface area (Å²) in [5.41, 5.74) is -0.535. The minimum Gasteiger partial charge on any atom is -0.457 e. The monoisotopic (exact) mass is 449 g/mol. The van der Waals surface area contributed by atoms with Crippen molar-refractivity contribution in [3.05, 3.63) is 75.8 Å². The van der Waals surface area contributed by atoms with Crippen molar-refractivity contribution < 1.29 is 32.9 Å². The van der Waals surface area contributed by atoms with E-state index in [1.54, 1.807) is 38.1 Å². The second kappa shape index (κ2) is 11.5. The molecule has 0 N–H and O–H groups in total. The lowest BCUT2D eigenvalue weighted by atomic mass is 10.1. The van der Waals surface area contributed by atoms with Gasteiger partial charge in [-0.2, -0.15) is 0 Å². The van der Waals surface area contributed by atoms with Crippen molar-refractivity contribution >= 4 is 25.0 Å². The maximum Gasteiger partial charge on any atom is 0.345 e. The maximum atomic E-state index is 13.3. The average Bonchev–Trinajstić information content (AvgIpc) is 2.76. The Hall–Kier alpha value is -2.87. The van der Waals surface area contributed by atoms with Crippen LogP contribution in [0.2, 0.25) is 0 Å². The second-order valence-corrected chi connectivity index (χ2v) is 8.64. The van der Waals surface area contributed by atoms with Crippen molar-refractivity contribution in [1.82, 2.24) is 0 Å². The molecule has 2 aromatic carbocycles. The number of nitro groups is 1. The van der Waals surface area contributed by atoms with Crippen molar-refractivity contribution in [1.29, 1.82) is 0 Å². The molecule has 10 heteroatoms. The van der Waals surface area contributed by atoms with E-state index in [2.05, 4.69) is 0 Å². The Labute approximate surface area is 180 Å². The van der Waals surface area contributed by atoms with Gasteiger partial charge in [-0.05, 0) is 38.0 Å². The number of ketones is 1. The Morgan fingerprint density at radius 3 is 2.10 bits per heavy atom. The summed E-state index contributed by atoms with van der Waals surface area (Å²) in [6.45, 7) is 2.79. The smallest absolute Gasteiger partial charge is 0.345 e. The highest BCUT2D eigenvalue weighted by molar-refractivity contribution is 7.55. The minimum atomic E-state index is -3.86. The molecule has 0 aromatic heterocycles. The number of hydrogen-bond donors (Lipinski definition) is 0. The fraction of sp³-hybridized carbons (Fsp3) is 0.333. The zero-order valence-corrected chi connectivity index (χ0v) is 18.2. The topological polar surface area (TPSA) is 122 Å². The molecule has 31 heavy (non-hydrogen) atoms. The Bertz CT molecular complexity index is 936. The van der Waals surface area contributed by atoms with Crippen molar-refractivity contribution in [3.8, 4) is 0 Å². The number of esters is 1. The van der Waals surface area contributed by atoms with Crippen molar-refractivity contribution in [2.24, 2.45) is 0 Å². The van der Waals surface area contributed by atoms with Crippen LogP contribution in [0.25, 0.3) is 0 Å². The molecule has 0 aliphatic rings. The zero-order valence-electron chi connectivity index (χ0n) is 17.3. The summed E-state index contributed by atoms with van der Waals surface area (Å²) in [5, 5.41) is 10.7. The van der Waals surface area contributed by atoms with Crippen LogP contribution in [0.3, 0.4) is 0 Å². The molecule has 0 amide bonds. The molecule has 2 rings (SSSR count). The molecule has 0 fully saturated rings. The highest BCUT2D eigenvalue weighted by Gasteiger charge is 2.42. The van der Waals surface area contributed by atoms with Gasteiger partial charge in [-0.3, -0.25) is 24.3 Å². The van der Waals surface area contributed by atoms with Gasteiger partial charge in [-0.25, -0.2) is 0 Å². The van der Waals surface area contributed by atoms with Crippen molar-refractivity contribution in [2.45, 2.75) is 25.9 Å². The molecule has 9 nitrogen and oxygen atoms in total. The first-order valence-electron chi connectivity index (χ1n) is 9.67. The van der Waals surface area contributed by atoms with E-state index in [4.69, 9.17) is 13.8 Å². The third-order valence-corrected chi connectivity index (χ3v) is 6.68. The highest BCUT2D eigenvalue weighted by Crippen LogP contribution is 2.54. The molecule has 0 heterocycles. The first kappa shape index (κ1) is 24.4. The Morgan fingerprint density at radius 1 is 1.00 bits per heavy atom. The molecule has 0 saturated carbocycles. The molecule has 0 bridgehead atoms. The van der Waals surface area contributed by atoms with Crippen LogP contribution in [-0.2, 0) is 29.6 Å². The number of hydrogen-bond acceptors (Lipinski definition) is 8. The van der Waals surface area contributed by atoms with Crippen LogP contribution in [0.4, 0.5) is 5.69 Å². The molecule has 2 aromatic rings. The van der Waals surface area contributed by atoms with E-state index in [1.807, 2.05) is 6.07 Å². The Kier molecular flexibility index (Phi) is 9.05. The van der Waals surface area contributed by atoms with Crippen LogP contribution < -0.4 is 0 Å². The van der Waals surface area contributed by atoms with Gasteiger partial charge < -0.3 is 13.8 Å². The fourth-order valence-corrected chi connectivity index (χ4v) is 4.75. The molecular weight excluding hydrogens is 425 g/mol. The third-order valence-electron chi connectivity index (χ3n) is 4.29. The largest absolute Gasteiger partial charge is 0.457 e. The Morgan fingerprint density at radius 2 is 1.58 bits per heavy atom. The van der Waals surface area contributed by atoms with E-state index < -0.39 is 36.5 Å². The van der Waals surface area contributed by atoms with Crippen LogP contribution in [0, 0.1) is 10.1 Å². The fourth-order valence-electron chi connectivity index (χ4n) is 2.82. The summed E-state index contributed by atoms with van der Waals surface area (Å²) >= 11 is 0. The van der Waals surface area contributed by atoms with Crippen LogP contribution in [0.1, 0.15) is 29.8 Å². The number of nitrogens with zero attached hydrogens (tertiary/aromatic N) is 1. The first-order valence-corrected chi connectivity index (χ1v) is 11.3. The van der Waals surface area contributed by atoms with Gasteiger partial charge in [-0.1, -0.05) is 30.3 Å². The normalized spacial score (nSPS) is 12.2. The van der Waals surface area contributed by atoms with Gasteiger partial charge in [0.15, 0.2) is 18.0 Å². The van der Waals surface area contributed by atoms with E-state index in [1.165, 1.54) is 24.3 Å². The molecule has 1 atom stereocenters. The molecule has 0 aliphatic carbocycles. The number of rotatable bonds is 12. The van der Waals surface area contributed by atoms with Crippen LogP contribution in [-0.4, -0.2) is 42.2 Å². The standard InChI is InChI=1S/C21H24NO8P/c1-3-29-31(27,30-4-2)20(14-16-8-6-5-7-9-16)21(24)28-15-19(23)17-10-12-18(13-11-17)22(25)26/h5-13,20H,3-4,14-15H2,1-2H3. The third kappa shape index (κ3) is 6.82. The predicted molar refractivity (Wildman–Crippen MR) is 113 cm³/mol. The second-order valence-electron chi connectivity index (χ2n) is 6.42. The van der Waals surface area contributed by atoms with E-state index in [9.17, 15) is 24.3 Å². The highest BCUT2D eigenvalue weighted by atomic mass is 31.2. The number of non-ortho nitro benzene ring substituents is 1. The molecular formula is C21H24NO8P. The number of Topliss-reactive ketones (excluding diaryl/α,β-unsaturated/α-hetero) is 1. The molecule has 0 radical (unpaired) electrons. The summed E-state index contributed by atoms with van der Waals surface area (Å²) in [6.07, 6.45) is 0.0443. The number of nitro benzene ring substituents is 1. The average molecular weight is 449 g/mol. The minimum absolute atomic E-state index is 0.0443. The number of benzene rings is 2.